The van der Waals surface area contributed by atoms with Crippen LogP contribution in [0.3, 0.4) is 0 Å². The second kappa shape index (κ2) is 6.05. The number of anilines is 1. The molecule has 5 heteroatoms. The average Bonchev–Trinajstić information content (AvgIpc) is 2.37. The van der Waals surface area contributed by atoms with Crippen molar-refractivity contribution in [2.24, 2.45) is 0 Å². The molecule has 0 aromatic heterocycles. The maximum atomic E-state index is 13.0. The Labute approximate surface area is 124 Å². The number of hydrogen-bond acceptors (Lipinski definition) is 2. The van der Waals surface area contributed by atoms with Crippen molar-refractivity contribution in [3.63, 3.8) is 0 Å². The van der Waals surface area contributed by atoms with Crippen LogP contribution < -0.4 is 10.1 Å². The highest BCUT2D eigenvalue weighted by Crippen LogP contribution is 2.25. The van der Waals surface area contributed by atoms with Gasteiger partial charge in [0, 0.05) is 21.8 Å². The maximum absolute atomic E-state index is 13.0. The van der Waals surface area contributed by atoms with Crippen LogP contribution in [0.5, 0.6) is 5.75 Å². The number of benzene rings is 2. The van der Waals surface area contributed by atoms with Crippen molar-refractivity contribution in [1.82, 2.24) is 0 Å². The molecule has 3 nitrogen and oxygen atoms in total. The van der Waals surface area contributed by atoms with Crippen LogP contribution in [0.4, 0.5) is 10.1 Å². The summed E-state index contributed by atoms with van der Waals surface area (Å²) in [5.41, 5.74) is 1.62. The van der Waals surface area contributed by atoms with Crippen molar-refractivity contribution in [3.05, 3.63) is 57.8 Å². The smallest absolute Gasteiger partial charge is 0.255 e. The van der Waals surface area contributed by atoms with Crippen molar-refractivity contribution >= 4 is 27.5 Å². The third kappa shape index (κ3) is 3.36. The number of halogens is 2. The molecule has 0 spiro atoms. The third-order valence-electron chi connectivity index (χ3n) is 2.80. The molecule has 0 aliphatic rings. The topological polar surface area (TPSA) is 38.3 Å². The van der Waals surface area contributed by atoms with Crippen LogP contribution in [0, 0.1) is 12.7 Å². The number of aryl methyl sites for hydroxylation is 1. The largest absolute Gasteiger partial charge is 0.497 e. The number of rotatable bonds is 3. The summed E-state index contributed by atoms with van der Waals surface area (Å²) in [7, 11) is 1.55. The molecule has 0 saturated carbocycles. The van der Waals surface area contributed by atoms with Gasteiger partial charge in [-0.2, -0.15) is 0 Å². The Morgan fingerprint density at radius 3 is 2.65 bits per heavy atom. The van der Waals surface area contributed by atoms with E-state index in [0.29, 0.717) is 22.6 Å². The van der Waals surface area contributed by atoms with Gasteiger partial charge in [0.25, 0.3) is 5.91 Å². The summed E-state index contributed by atoms with van der Waals surface area (Å²) >= 11 is 3.34. The molecule has 0 aliphatic heterocycles. The molecule has 1 amide bonds. The summed E-state index contributed by atoms with van der Waals surface area (Å²) in [6.45, 7) is 1.69. The lowest BCUT2D eigenvalue weighted by molar-refractivity contribution is 0.102. The molecule has 0 bridgehead atoms. The van der Waals surface area contributed by atoms with Crippen LogP contribution in [0.1, 0.15) is 15.9 Å². The quantitative estimate of drug-likeness (QED) is 0.913. The van der Waals surface area contributed by atoms with E-state index < -0.39 is 0 Å². The lowest BCUT2D eigenvalue weighted by atomic mass is 10.1. The van der Waals surface area contributed by atoms with Gasteiger partial charge in [-0.05, 0) is 42.8 Å². The van der Waals surface area contributed by atoms with Gasteiger partial charge in [0.1, 0.15) is 11.6 Å². The summed E-state index contributed by atoms with van der Waals surface area (Å²) in [5.74, 6) is -0.0173. The van der Waals surface area contributed by atoms with E-state index in [-0.39, 0.29) is 11.7 Å². The van der Waals surface area contributed by atoms with Crippen molar-refractivity contribution < 1.29 is 13.9 Å². The molecule has 20 heavy (non-hydrogen) atoms. The van der Waals surface area contributed by atoms with Gasteiger partial charge in [-0.1, -0.05) is 15.9 Å². The van der Waals surface area contributed by atoms with E-state index in [1.807, 2.05) is 0 Å². The number of amides is 1. The first kappa shape index (κ1) is 14.5. The molecule has 2 aromatic rings. The van der Waals surface area contributed by atoms with Gasteiger partial charge in [0.15, 0.2) is 0 Å². The van der Waals surface area contributed by atoms with Crippen molar-refractivity contribution in [2.45, 2.75) is 6.92 Å². The second-order valence-corrected chi connectivity index (χ2v) is 5.21. The maximum Gasteiger partial charge on any atom is 0.255 e. The Morgan fingerprint density at radius 1 is 1.25 bits per heavy atom. The summed E-state index contributed by atoms with van der Waals surface area (Å²) < 4.78 is 19.0. The minimum Gasteiger partial charge on any atom is -0.497 e. The zero-order valence-electron chi connectivity index (χ0n) is 11.0. The fraction of sp³-hybridized carbons (Fsp3) is 0.133. The molecule has 0 unspecified atom stereocenters. The molecular formula is C15H13BrFNO2. The van der Waals surface area contributed by atoms with Crippen LogP contribution in [-0.4, -0.2) is 13.0 Å². The monoisotopic (exact) mass is 337 g/mol. The zero-order chi connectivity index (χ0) is 14.7. The molecule has 0 aliphatic carbocycles. The van der Waals surface area contributed by atoms with Crippen LogP contribution in [0.2, 0.25) is 0 Å². The lowest BCUT2D eigenvalue weighted by Gasteiger charge is -2.10. The number of carbonyl (C=O) groups is 1. The molecule has 2 aromatic carbocycles. The van der Waals surface area contributed by atoms with Crippen molar-refractivity contribution in [3.8, 4) is 5.75 Å². The van der Waals surface area contributed by atoms with E-state index in [0.717, 1.165) is 4.47 Å². The van der Waals surface area contributed by atoms with E-state index in [1.165, 1.54) is 18.2 Å². The van der Waals surface area contributed by atoms with Gasteiger partial charge in [-0.15, -0.1) is 0 Å². The van der Waals surface area contributed by atoms with Gasteiger partial charge in [0.05, 0.1) is 7.11 Å². The minimum absolute atomic E-state index is 0.289. The fourth-order valence-corrected chi connectivity index (χ4v) is 2.31. The molecule has 0 atom stereocenters. The fourth-order valence-electron chi connectivity index (χ4n) is 1.83. The van der Waals surface area contributed by atoms with Crippen LogP contribution in [-0.2, 0) is 0 Å². The Kier molecular flexibility index (Phi) is 4.39. The Bertz CT molecular complexity index is 658. The molecule has 104 valence electrons. The Balaban J connectivity index is 2.25. The molecule has 0 fully saturated rings. The van der Waals surface area contributed by atoms with E-state index in [2.05, 4.69) is 21.2 Å². The van der Waals surface area contributed by atoms with E-state index >= 15 is 0 Å². The second-order valence-electron chi connectivity index (χ2n) is 4.29. The lowest BCUT2D eigenvalue weighted by Crippen LogP contribution is -2.13. The first-order chi connectivity index (χ1) is 9.49. The third-order valence-corrected chi connectivity index (χ3v) is 3.26. The highest BCUT2D eigenvalue weighted by Gasteiger charge is 2.11. The van der Waals surface area contributed by atoms with Gasteiger partial charge in [-0.25, -0.2) is 4.39 Å². The predicted octanol–water partition coefficient (Wildman–Crippen LogP) is 4.16. The number of ether oxygens (including phenoxy) is 1. The summed E-state index contributed by atoms with van der Waals surface area (Å²) in [5, 5.41) is 2.76. The molecular weight excluding hydrogens is 325 g/mol. The zero-order valence-corrected chi connectivity index (χ0v) is 12.6. The highest BCUT2D eigenvalue weighted by molar-refractivity contribution is 9.10. The summed E-state index contributed by atoms with van der Waals surface area (Å²) in [4.78, 5) is 12.2. The number of hydrogen-bond donors (Lipinski definition) is 1. The van der Waals surface area contributed by atoms with E-state index in [1.54, 1.807) is 32.2 Å². The van der Waals surface area contributed by atoms with Gasteiger partial charge >= 0.3 is 0 Å². The SMILES string of the molecule is COc1cc(Br)cc(NC(=O)c2ccc(F)cc2C)c1. The summed E-state index contributed by atoms with van der Waals surface area (Å²) in [6, 6.07) is 9.33. The average molecular weight is 338 g/mol. The highest BCUT2D eigenvalue weighted by atomic mass is 79.9. The van der Waals surface area contributed by atoms with Gasteiger partial charge < -0.3 is 10.1 Å². The van der Waals surface area contributed by atoms with Crippen molar-refractivity contribution in [2.75, 3.05) is 12.4 Å². The molecule has 1 N–H and O–H groups in total. The molecule has 0 radical (unpaired) electrons. The van der Waals surface area contributed by atoms with Gasteiger partial charge in [0.2, 0.25) is 0 Å². The first-order valence-corrected chi connectivity index (χ1v) is 6.71. The van der Waals surface area contributed by atoms with E-state index in [4.69, 9.17) is 4.74 Å². The summed E-state index contributed by atoms with van der Waals surface area (Å²) in [6.07, 6.45) is 0. The molecule has 2 rings (SSSR count). The standard InChI is InChI=1S/C15H13BrFNO2/c1-9-5-11(17)3-4-14(9)15(19)18-12-6-10(16)7-13(8-12)20-2/h3-8H,1-2H3,(H,18,19). The minimum atomic E-state index is -0.358. The Hall–Kier alpha value is -1.88. The van der Waals surface area contributed by atoms with Crippen LogP contribution in [0.25, 0.3) is 0 Å². The van der Waals surface area contributed by atoms with E-state index in [9.17, 15) is 9.18 Å². The first-order valence-electron chi connectivity index (χ1n) is 5.91. The number of methoxy groups -OCH3 is 1. The normalized spacial score (nSPS) is 10.2. The number of nitrogens with one attached hydrogen (secondary N) is 1. The Morgan fingerprint density at radius 2 is 2.00 bits per heavy atom. The van der Waals surface area contributed by atoms with Crippen LogP contribution >= 0.6 is 15.9 Å². The molecule has 0 heterocycles. The van der Waals surface area contributed by atoms with Crippen LogP contribution in [0.15, 0.2) is 40.9 Å². The number of carbonyl (C=O) groups excluding carboxylic acids is 1. The van der Waals surface area contributed by atoms with Crippen molar-refractivity contribution in [1.29, 1.82) is 0 Å². The predicted molar refractivity (Wildman–Crippen MR) is 79.8 cm³/mol. The molecule has 0 saturated heterocycles. The van der Waals surface area contributed by atoms with Gasteiger partial charge in [-0.3, -0.25) is 4.79 Å².